The Morgan fingerprint density at radius 2 is 1.47 bits per heavy atom. The van der Waals surface area contributed by atoms with Crippen LogP contribution < -0.4 is 9.47 Å². The van der Waals surface area contributed by atoms with Crippen LogP contribution in [0.15, 0.2) is 77.1 Å². The summed E-state index contributed by atoms with van der Waals surface area (Å²) in [6.45, 7) is 3.91. The zero-order valence-corrected chi connectivity index (χ0v) is 19.2. The van der Waals surface area contributed by atoms with Gasteiger partial charge in [-0.1, -0.05) is 59.3 Å². The van der Waals surface area contributed by atoms with Gasteiger partial charge in [-0.05, 0) is 50.2 Å². The van der Waals surface area contributed by atoms with Crippen molar-refractivity contribution in [3.05, 3.63) is 83.9 Å². The van der Waals surface area contributed by atoms with Crippen molar-refractivity contribution >= 4 is 45.3 Å². The molecular weight excluding hydrogens is 442 g/mol. The van der Waals surface area contributed by atoms with E-state index in [1.165, 1.54) is 23.1 Å². The number of aromatic nitrogens is 1. The average molecular weight is 464 g/mol. The highest BCUT2D eigenvalue weighted by Crippen LogP contribution is 2.34. The quantitative estimate of drug-likeness (QED) is 0.191. The number of benzene rings is 3. The van der Waals surface area contributed by atoms with Gasteiger partial charge in [0.05, 0.1) is 16.6 Å². The summed E-state index contributed by atoms with van der Waals surface area (Å²) in [4.78, 5) is 30.2. The number of hydrogen-bond donors (Lipinski definition) is 0. The first kappa shape index (κ1) is 22.0. The van der Waals surface area contributed by atoms with Gasteiger partial charge in [-0.15, -0.1) is 11.3 Å². The maximum Gasteiger partial charge on any atom is 0.325 e. The molecule has 0 aliphatic rings. The Hall–Kier alpha value is -3.16. The van der Waals surface area contributed by atoms with Crippen LogP contribution in [-0.2, 0) is 9.59 Å². The second-order valence-electron chi connectivity index (χ2n) is 7.28. The Kier molecular flexibility index (Phi) is 6.87. The molecule has 32 heavy (non-hydrogen) atoms. The second kappa shape index (κ2) is 9.97. The minimum absolute atomic E-state index is 0.140. The summed E-state index contributed by atoms with van der Waals surface area (Å²) in [7, 11) is 0. The lowest BCUT2D eigenvalue weighted by molar-refractivity contribution is -0.140. The van der Waals surface area contributed by atoms with Gasteiger partial charge in [-0.3, -0.25) is 9.59 Å². The van der Waals surface area contributed by atoms with E-state index in [1.54, 1.807) is 24.3 Å². The summed E-state index contributed by atoms with van der Waals surface area (Å²) in [6, 6.07) is 22.1. The number of thiazole rings is 1. The number of hydrogen-bond acceptors (Lipinski definition) is 7. The Bertz CT molecular complexity index is 1200. The molecule has 0 aliphatic carbocycles. The number of para-hydroxylation sites is 1. The summed E-state index contributed by atoms with van der Waals surface area (Å²) in [5.74, 6) is -0.147. The van der Waals surface area contributed by atoms with Crippen molar-refractivity contribution in [2.24, 2.45) is 0 Å². The minimum atomic E-state index is -0.796. The van der Waals surface area contributed by atoms with E-state index in [0.29, 0.717) is 15.8 Å². The fourth-order valence-electron chi connectivity index (χ4n) is 2.92. The number of carbonyl (C=O) groups excluding carboxylic acids is 2. The predicted molar refractivity (Wildman–Crippen MR) is 128 cm³/mol. The minimum Gasteiger partial charge on any atom is -0.426 e. The largest absolute Gasteiger partial charge is 0.426 e. The van der Waals surface area contributed by atoms with Crippen molar-refractivity contribution in [1.82, 2.24) is 4.98 Å². The third kappa shape index (κ3) is 5.75. The molecule has 162 valence electrons. The van der Waals surface area contributed by atoms with Crippen LogP contribution in [-0.4, -0.2) is 22.2 Å². The Morgan fingerprint density at radius 3 is 2.09 bits per heavy atom. The highest BCUT2D eigenvalue weighted by Gasteiger charge is 2.28. The van der Waals surface area contributed by atoms with Crippen molar-refractivity contribution in [1.29, 1.82) is 0 Å². The van der Waals surface area contributed by atoms with Crippen LogP contribution in [0.4, 0.5) is 0 Å². The smallest absolute Gasteiger partial charge is 0.325 e. The molecule has 0 saturated carbocycles. The van der Waals surface area contributed by atoms with Crippen LogP contribution in [0.1, 0.15) is 17.5 Å². The molecular formula is C25H21NO4S2. The lowest BCUT2D eigenvalue weighted by atomic mass is 10.2. The van der Waals surface area contributed by atoms with Crippen LogP contribution in [0.25, 0.3) is 10.2 Å². The highest BCUT2D eigenvalue weighted by molar-refractivity contribution is 8.02. The lowest BCUT2D eigenvalue weighted by Gasteiger charge is -2.14. The molecule has 7 heteroatoms. The van der Waals surface area contributed by atoms with Gasteiger partial charge in [-0.2, -0.15) is 0 Å². The van der Waals surface area contributed by atoms with Crippen molar-refractivity contribution in [3.63, 3.8) is 0 Å². The molecule has 0 bridgehead atoms. The zero-order valence-electron chi connectivity index (χ0n) is 17.6. The van der Waals surface area contributed by atoms with Crippen LogP contribution >= 0.6 is 23.1 Å². The maximum absolute atomic E-state index is 13.0. The standard InChI is InChI=1S/C25H21NO4S2/c1-16-7-11-18(12-8-16)29-23(27)15-22(24(28)30-19-13-9-17(2)10-14-19)32-25-26-20-5-3-4-6-21(20)31-25/h3-14,22H,15H2,1-2H3. The van der Waals surface area contributed by atoms with Gasteiger partial charge in [0, 0.05) is 0 Å². The molecule has 5 nitrogen and oxygen atoms in total. The number of nitrogens with zero attached hydrogens (tertiary/aromatic N) is 1. The van der Waals surface area contributed by atoms with E-state index in [4.69, 9.17) is 9.47 Å². The summed E-state index contributed by atoms with van der Waals surface area (Å²) >= 11 is 2.69. The van der Waals surface area contributed by atoms with Gasteiger partial charge in [0.15, 0.2) is 4.34 Å². The molecule has 0 fully saturated rings. The Balaban J connectivity index is 1.51. The number of rotatable bonds is 7. The van der Waals surface area contributed by atoms with E-state index >= 15 is 0 Å². The SMILES string of the molecule is Cc1ccc(OC(=O)CC(Sc2nc3ccccc3s2)C(=O)Oc2ccc(C)cc2)cc1. The number of fused-ring (bicyclic) bond motifs is 1. The van der Waals surface area contributed by atoms with Gasteiger partial charge < -0.3 is 9.47 Å². The number of carbonyl (C=O) groups is 2. The van der Waals surface area contributed by atoms with Gasteiger partial charge in [-0.25, -0.2) is 4.98 Å². The number of esters is 2. The Labute approximate surface area is 194 Å². The third-order valence-corrected chi connectivity index (χ3v) is 6.93. The molecule has 1 heterocycles. The molecule has 1 aromatic heterocycles. The molecule has 4 rings (SSSR count). The van der Waals surface area contributed by atoms with Gasteiger partial charge in [0.25, 0.3) is 0 Å². The molecule has 0 aliphatic heterocycles. The lowest BCUT2D eigenvalue weighted by Crippen LogP contribution is -2.27. The molecule has 4 aromatic rings. The van der Waals surface area contributed by atoms with E-state index in [9.17, 15) is 9.59 Å². The molecule has 0 N–H and O–H groups in total. The van der Waals surface area contributed by atoms with Crippen LogP contribution in [0, 0.1) is 13.8 Å². The van der Waals surface area contributed by atoms with E-state index < -0.39 is 17.2 Å². The molecule has 3 aromatic carbocycles. The van der Waals surface area contributed by atoms with Crippen LogP contribution in [0.5, 0.6) is 11.5 Å². The predicted octanol–water partition coefficient (Wildman–Crippen LogP) is 5.98. The summed E-state index contributed by atoms with van der Waals surface area (Å²) in [5, 5.41) is -0.796. The molecule has 0 radical (unpaired) electrons. The fraction of sp³-hybridized carbons (Fsp3) is 0.160. The first-order chi connectivity index (χ1) is 15.5. The summed E-state index contributed by atoms with van der Waals surface area (Å²) < 4.78 is 12.7. The van der Waals surface area contributed by atoms with Gasteiger partial charge in [0.1, 0.15) is 16.7 Å². The fourth-order valence-corrected chi connectivity index (χ4v) is 5.18. The number of thioether (sulfide) groups is 1. The van der Waals surface area contributed by atoms with Crippen LogP contribution in [0.2, 0.25) is 0 Å². The van der Waals surface area contributed by atoms with Gasteiger partial charge >= 0.3 is 11.9 Å². The van der Waals surface area contributed by atoms with E-state index in [-0.39, 0.29) is 6.42 Å². The first-order valence-electron chi connectivity index (χ1n) is 10.0. The molecule has 1 atom stereocenters. The number of ether oxygens (including phenoxy) is 2. The Morgan fingerprint density at radius 1 is 0.875 bits per heavy atom. The topological polar surface area (TPSA) is 65.5 Å². The molecule has 1 unspecified atom stereocenters. The molecule has 0 amide bonds. The summed E-state index contributed by atoms with van der Waals surface area (Å²) in [6.07, 6.45) is -0.140. The number of aryl methyl sites for hydroxylation is 2. The van der Waals surface area contributed by atoms with Gasteiger partial charge in [0.2, 0.25) is 0 Å². The highest BCUT2D eigenvalue weighted by atomic mass is 32.2. The van der Waals surface area contributed by atoms with E-state index in [1.807, 2.05) is 62.4 Å². The maximum atomic E-state index is 13.0. The van der Waals surface area contributed by atoms with E-state index in [0.717, 1.165) is 21.3 Å². The summed E-state index contributed by atoms with van der Waals surface area (Å²) in [5.41, 5.74) is 2.98. The van der Waals surface area contributed by atoms with Crippen molar-refractivity contribution < 1.29 is 19.1 Å². The third-order valence-electron chi connectivity index (χ3n) is 4.62. The van der Waals surface area contributed by atoms with Crippen LogP contribution in [0.3, 0.4) is 0 Å². The van der Waals surface area contributed by atoms with Crippen molar-refractivity contribution in [3.8, 4) is 11.5 Å². The second-order valence-corrected chi connectivity index (χ2v) is 9.76. The molecule has 0 spiro atoms. The monoisotopic (exact) mass is 463 g/mol. The van der Waals surface area contributed by atoms with Crippen molar-refractivity contribution in [2.75, 3.05) is 0 Å². The zero-order chi connectivity index (χ0) is 22.5. The average Bonchev–Trinajstić information content (AvgIpc) is 3.19. The van der Waals surface area contributed by atoms with E-state index in [2.05, 4.69) is 4.98 Å². The van der Waals surface area contributed by atoms with Crippen molar-refractivity contribution in [2.45, 2.75) is 29.9 Å². The molecule has 0 saturated heterocycles. The normalized spacial score (nSPS) is 11.8. The first-order valence-corrected chi connectivity index (χ1v) is 11.7.